The topological polar surface area (TPSA) is 92.8 Å². The maximum Gasteiger partial charge on any atom is 0.255 e. The minimum Gasteiger partial charge on any atom is -0.490 e. The predicted molar refractivity (Wildman–Crippen MR) is 92.9 cm³/mol. The van der Waals surface area contributed by atoms with E-state index in [-0.39, 0.29) is 36.0 Å². The molecule has 1 heterocycles. The van der Waals surface area contributed by atoms with Crippen LogP contribution in [-0.4, -0.2) is 48.1 Å². The molecule has 7 heteroatoms. The number of likely N-dealkylation sites (N-methyl/N-ethyl adjacent to an activating group) is 1. The largest absolute Gasteiger partial charge is 0.490 e. The highest BCUT2D eigenvalue weighted by Gasteiger charge is 2.33. The van der Waals surface area contributed by atoms with Crippen LogP contribution in [0.2, 0.25) is 0 Å². The average Bonchev–Trinajstić information content (AvgIpc) is 2.59. The SMILES string of the molecule is CC1CC(Oc2ccc(C=O)c(C(=O)N(C)C3CCC(=O)NC3=O)c2)C1. The summed E-state index contributed by atoms with van der Waals surface area (Å²) in [6.45, 7) is 2.15. The highest BCUT2D eigenvalue weighted by atomic mass is 16.5. The van der Waals surface area contributed by atoms with Gasteiger partial charge in [0.15, 0.2) is 6.29 Å². The molecule has 3 amide bonds. The molecule has 7 nitrogen and oxygen atoms in total. The van der Waals surface area contributed by atoms with Gasteiger partial charge < -0.3 is 9.64 Å². The van der Waals surface area contributed by atoms with Gasteiger partial charge in [-0.2, -0.15) is 0 Å². The molecule has 1 N–H and O–H groups in total. The molecule has 1 aromatic carbocycles. The third kappa shape index (κ3) is 3.61. The Morgan fingerprint density at radius 1 is 1.31 bits per heavy atom. The van der Waals surface area contributed by atoms with Crippen LogP contribution in [0.5, 0.6) is 5.75 Å². The number of amides is 3. The summed E-state index contributed by atoms with van der Waals surface area (Å²) in [6, 6.07) is 4.04. The molecule has 0 bridgehead atoms. The Hall–Kier alpha value is -2.70. The maximum atomic E-state index is 12.9. The van der Waals surface area contributed by atoms with Crippen molar-refractivity contribution in [2.75, 3.05) is 7.05 Å². The van der Waals surface area contributed by atoms with Gasteiger partial charge >= 0.3 is 0 Å². The summed E-state index contributed by atoms with van der Waals surface area (Å²) in [5, 5.41) is 2.24. The molecule has 0 radical (unpaired) electrons. The van der Waals surface area contributed by atoms with Gasteiger partial charge in [0.2, 0.25) is 11.8 Å². The number of rotatable bonds is 5. The van der Waals surface area contributed by atoms with Crippen LogP contribution in [0.15, 0.2) is 18.2 Å². The summed E-state index contributed by atoms with van der Waals surface area (Å²) >= 11 is 0. The van der Waals surface area contributed by atoms with Gasteiger partial charge in [-0.25, -0.2) is 0 Å². The van der Waals surface area contributed by atoms with Gasteiger partial charge in [0, 0.05) is 19.0 Å². The number of hydrogen-bond acceptors (Lipinski definition) is 5. The van der Waals surface area contributed by atoms with Crippen LogP contribution in [0.25, 0.3) is 0 Å². The highest BCUT2D eigenvalue weighted by molar-refractivity contribution is 6.06. The van der Waals surface area contributed by atoms with Crippen molar-refractivity contribution in [1.82, 2.24) is 10.2 Å². The lowest BCUT2D eigenvalue weighted by atomic mass is 9.84. The number of nitrogens with zero attached hydrogens (tertiary/aromatic N) is 1. The smallest absolute Gasteiger partial charge is 0.255 e. The number of benzene rings is 1. The molecular formula is C19H22N2O5. The van der Waals surface area contributed by atoms with E-state index in [1.165, 1.54) is 11.9 Å². The number of ether oxygens (including phenoxy) is 1. The van der Waals surface area contributed by atoms with E-state index in [2.05, 4.69) is 12.2 Å². The van der Waals surface area contributed by atoms with Crippen molar-refractivity contribution in [3.63, 3.8) is 0 Å². The second kappa shape index (κ2) is 7.27. The lowest BCUT2D eigenvalue weighted by Crippen LogP contribution is -2.53. The minimum absolute atomic E-state index is 0.128. The number of piperidine rings is 1. The molecule has 3 rings (SSSR count). The predicted octanol–water partition coefficient (Wildman–Crippen LogP) is 1.55. The molecule has 1 saturated carbocycles. The lowest BCUT2D eigenvalue weighted by molar-refractivity contribution is -0.136. The third-order valence-electron chi connectivity index (χ3n) is 5.01. The minimum atomic E-state index is -0.739. The molecule has 1 aliphatic heterocycles. The molecule has 2 aliphatic rings. The fourth-order valence-electron chi connectivity index (χ4n) is 3.40. The first-order valence-corrected chi connectivity index (χ1v) is 8.75. The third-order valence-corrected chi connectivity index (χ3v) is 5.01. The Kier molecular flexibility index (Phi) is 5.06. The quantitative estimate of drug-likeness (QED) is 0.637. The van der Waals surface area contributed by atoms with E-state index in [9.17, 15) is 19.2 Å². The molecular weight excluding hydrogens is 336 g/mol. The van der Waals surface area contributed by atoms with Gasteiger partial charge in [-0.3, -0.25) is 24.5 Å². The van der Waals surface area contributed by atoms with Crippen LogP contribution >= 0.6 is 0 Å². The van der Waals surface area contributed by atoms with Gasteiger partial charge in [-0.15, -0.1) is 0 Å². The molecule has 1 atom stereocenters. The molecule has 0 aromatic heterocycles. The molecule has 26 heavy (non-hydrogen) atoms. The van der Waals surface area contributed by atoms with E-state index in [0.29, 0.717) is 18.0 Å². The molecule has 1 aromatic rings. The van der Waals surface area contributed by atoms with Gasteiger partial charge in [-0.05, 0) is 43.4 Å². The number of carbonyl (C=O) groups is 4. The van der Waals surface area contributed by atoms with E-state index >= 15 is 0 Å². The zero-order valence-electron chi connectivity index (χ0n) is 14.9. The zero-order chi connectivity index (χ0) is 18.8. The Balaban J connectivity index is 1.79. The number of aldehydes is 1. The van der Waals surface area contributed by atoms with Crippen molar-refractivity contribution >= 4 is 24.0 Å². The van der Waals surface area contributed by atoms with E-state index in [4.69, 9.17) is 4.74 Å². The summed E-state index contributed by atoms with van der Waals surface area (Å²) in [5.74, 6) is -0.123. The van der Waals surface area contributed by atoms with Crippen molar-refractivity contribution in [3.05, 3.63) is 29.3 Å². The second-order valence-corrected chi connectivity index (χ2v) is 7.07. The maximum absolute atomic E-state index is 12.9. The number of nitrogens with one attached hydrogen (secondary N) is 1. The van der Waals surface area contributed by atoms with Crippen LogP contribution in [0.1, 0.15) is 53.3 Å². The van der Waals surface area contributed by atoms with E-state index < -0.39 is 17.9 Å². The van der Waals surface area contributed by atoms with Crippen molar-refractivity contribution < 1.29 is 23.9 Å². The lowest BCUT2D eigenvalue weighted by Gasteiger charge is -2.33. The van der Waals surface area contributed by atoms with Gasteiger partial charge in [-0.1, -0.05) is 6.92 Å². The standard InChI is InChI=1S/C19H22N2O5/c1-11-7-14(8-11)26-13-4-3-12(10-22)15(9-13)19(25)21(2)16-5-6-17(23)20-18(16)24/h3-4,9-11,14,16H,5-8H2,1-2H3,(H,20,23,24). The summed E-state index contributed by atoms with van der Waals surface area (Å²) in [7, 11) is 1.50. The zero-order valence-corrected chi connectivity index (χ0v) is 14.9. The normalized spacial score (nSPS) is 25.1. The van der Waals surface area contributed by atoms with Crippen molar-refractivity contribution in [2.45, 2.75) is 44.8 Å². The van der Waals surface area contributed by atoms with E-state index in [1.54, 1.807) is 18.2 Å². The summed E-state index contributed by atoms with van der Waals surface area (Å²) < 4.78 is 5.86. The number of imide groups is 1. The van der Waals surface area contributed by atoms with Crippen LogP contribution in [0.3, 0.4) is 0 Å². The molecule has 138 valence electrons. The number of carbonyl (C=O) groups excluding carboxylic acids is 4. The van der Waals surface area contributed by atoms with E-state index in [1.807, 2.05) is 0 Å². The first-order chi connectivity index (χ1) is 12.4. The van der Waals surface area contributed by atoms with Gasteiger partial charge in [0.05, 0.1) is 11.7 Å². The first kappa shape index (κ1) is 18.1. The molecule has 1 aliphatic carbocycles. The molecule has 0 spiro atoms. The Labute approximate surface area is 151 Å². The molecule has 1 saturated heterocycles. The molecule has 1 unspecified atom stereocenters. The fourth-order valence-corrected chi connectivity index (χ4v) is 3.40. The molecule has 2 fully saturated rings. The van der Waals surface area contributed by atoms with Crippen LogP contribution in [0, 0.1) is 5.92 Å². The van der Waals surface area contributed by atoms with Crippen LogP contribution < -0.4 is 10.1 Å². The summed E-state index contributed by atoms with van der Waals surface area (Å²) in [5.41, 5.74) is 0.431. The van der Waals surface area contributed by atoms with Gasteiger partial charge in [0.25, 0.3) is 5.91 Å². The number of hydrogen-bond donors (Lipinski definition) is 1. The van der Waals surface area contributed by atoms with Crippen LogP contribution in [0.4, 0.5) is 0 Å². The monoisotopic (exact) mass is 358 g/mol. The van der Waals surface area contributed by atoms with Crippen molar-refractivity contribution in [3.8, 4) is 5.75 Å². The summed E-state index contributed by atoms with van der Waals surface area (Å²) in [4.78, 5) is 48.8. The average molecular weight is 358 g/mol. The summed E-state index contributed by atoms with van der Waals surface area (Å²) in [6.07, 6.45) is 3.12. The van der Waals surface area contributed by atoms with Gasteiger partial charge in [0.1, 0.15) is 11.8 Å². The fraction of sp³-hybridized carbons (Fsp3) is 0.474. The first-order valence-electron chi connectivity index (χ1n) is 8.75. The highest BCUT2D eigenvalue weighted by Crippen LogP contribution is 2.31. The Morgan fingerprint density at radius 3 is 2.65 bits per heavy atom. The Morgan fingerprint density at radius 2 is 2.04 bits per heavy atom. The Bertz CT molecular complexity index is 754. The van der Waals surface area contributed by atoms with Crippen molar-refractivity contribution in [1.29, 1.82) is 0 Å². The second-order valence-electron chi connectivity index (χ2n) is 7.07. The van der Waals surface area contributed by atoms with Crippen LogP contribution in [-0.2, 0) is 9.59 Å². The van der Waals surface area contributed by atoms with E-state index in [0.717, 1.165) is 12.8 Å². The van der Waals surface area contributed by atoms with Crippen molar-refractivity contribution in [2.24, 2.45) is 5.92 Å².